The second kappa shape index (κ2) is 7.72. The van der Waals surface area contributed by atoms with Crippen molar-refractivity contribution in [3.8, 4) is 0 Å². The molecule has 2 aliphatic rings. The summed E-state index contributed by atoms with van der Waals surface area (Å²) in [5.74, 6) is -1.61. The number of anilines is 1. The fraction of sp³-hybridized carbons (Fsp3) is 0.231. The van der Waals surface area contributed by atoms with Gasteiger partial charge in [0, 0.05) is 40.4 Å². The highest BCUT2D eigenvalue weighted by Gasteiger charge is 2.61. The van der Waals surface area contributed by atoms with Gasteiger partial charge in [-0.25, -0.2) is 4.39 Å². The summed E-state index contributed by atoms with van der Waals surface area (Å²) >= 11 is 12.7. The molecule has 1 aliphatic heterocycles. The monoisotopic (exact) mass is 467 g/mol. The molecule has 1 saturated carbocycles. The first-order valence-electron chi connectivity index (χ1n) is 10.5. The molecule has 0 radical (unpaired) electrons. The molecule has 1 aliphatic carbocycles. The maximum Gasteiger partial charge on any atom is 0.236 e. The molecule has 3 nitrogen and oxygen atoms in total. The molecular formula is C26H20Cl2FNO2. The summed E-state index contributed by atoms with van der Waals surface area (Å²) in [4.78, 5) is 26.9. The Morgan fingerprint density at radius 3 is 2.47 bits per heavy atom. The number of hydrogen-bond donors (Lipinski definition) is 1. The molecular weight excluding hydrogens is 448 g/mol. The second-order valence-electron chi connectivity index (χ2n) is 8.62. The van der Waals surface area contributed by atoms with E-state index in [0.29, 0.717) is 21.3 Å². The highest BCUT2D eigenvalue weighted by Crippen LogP contribution is 2.60. The van der Waals surface area contributed by atoms with E-state index in [1.807, 2.05) is 19.1 Å². The van der Waals surface area contributed by atoms with Gasteiger partial charge < -0.3 is 5.32 Å². The van der Waals surface area contributed by atoms with E-state index < -0.39 is 23.1 Å². The van der Waals surface area contributed by atoms with E-state index in [1.54, 1.807) is 36.4 Å². The normalized spacial score (nSPS) is 24.5. The fourth-order valence-electron chi connectivity index (χ4n) is 5.56. The average molecular weight is 468 g/mol. The summed E-state index contributed by atoms with van der Waals surface area (Å²) < 4.78 is 14.4. The van der Waals surface area contributed by atoms with E-state index in [1.165, 1.54) is 12.1 Å². The van der Waals surface area contributed by atoms with Crippen LogP contribution in [0.1, 0.15) is 46.9 Å². The number of fused-ring (bicyclic) bond motifs is 2. The highest BCUT2D eigenvalue weighted by molar-refractivity contribution is 6.31. The van der Waals surface area contributed by atoms with Crippen LogP contribution in [0, 0.1) is 12.7 Å². The van der Waals surface area contributed by atoms with Gasteiger partial charge >= 0.3 is 0 Å². The van der Waals surface area contributed by atoms with E-state index in [2.05, 4.69) is 5.32 Å². The third-order valence-electron chi connectivity index (χ3n) is 6.88. The van der Waals surface area contributed by atoms with Gasteiger partial charge in [-0.3, -0.25) is 9.59 Å². The number of amides is 1. The van der Waals surface area contributed by atoms with E-state index in [9.17, 15) is 14.0 Å². The summed E-state index contributed by atoms with van der Waals surface area (Å²) in [5.41, 5.74) is 2.57. The number of hydrogen-bond acceptors (Lipinski definition) is 2. The maximum absolute atomic E-state index is 14.4. The molecule has 3 atom stereocenters. The molecule has 1 spiro atoms. The van der Waals surface area contributed by atoms with Crippen molar-refractivity contribution in [1.29, 1.82) is 0 Å². The van der Waals surface area contributed by atoms with Crippen molar-refractivity contribution in [2.24, 2.45) is 0 Å². The van der Waals surface area contributed by atoms with Gasteiger partial charge in [0.25, 0.3) is 0 Å². The molecule has 0 bridgehead atoms. The highest BCUT2D eigenvalue weighted by atomic mass is 35.5. The summed E-state index contributed by atoms with van der Waals surface area (Å²) in [6.07, 6.45) is 0.325. The lowest BCUT2D eigenvalue weighted by atomic mass is 9.53. The average Bonchev–Trinajstić information content (AvgIpc) is 3.03. The molecule has 0 unspecified atom stereocenters. The molecule has 6 heteroatoms. The number of ketones is 1. The van der Waals surface area contributed by atoms with Crippen molar-refractivity contribution in [2.75, 3.05) is 5.32 Å². The molecule has 0 saturated heterocycles. The van der Waals surface area contributed by atoms with Gasteiger partial charge in [0.1, 0.15) is 11.6 Å². The van der Waals surface area contributed by atoms with E-state index >= 15 is 0 Å². The fourth-order valence-corrected chi connectivity index (χ4v) is 5.93. The first kappa shape index (κ1) is 21.2. The van der Waals surface area contributed by atoms with Crippen LogP contribution < -0.4 is 5.32 Å². The van der Waals surface area contributed by atoms with Crippen LogP contribution in [0.2, 0.25) is 10.0 Å². The zero-order valence-electron chi connectivity index (χ0n) is 17.3. The molecule has 1 amide bonds. The predicted molar refractivity (Wildman–Crippen MR) is 124 cm³/mol. The molecule has 0 aromatic heterocycles. The smallest absolute Gasteiger partial charge is 0.236 e. The van der Waals surface area contributed by atoms with Crippen LogP contribution in [0.15, 0.2) is 60.7 Å². The minimum atomic E-state index is -1.13. The van der Waals surface area contributed by atoms with E-state index in [4.69, 9.17) is 23.2 Å². The largest absolute Gasteiger partial charge is 0.325 e. The number of carbonyl (C=O) groups is 2. The first-order chi connectivity index (χ1) is 15.3. The van der Waals surface area contributed by atoms with Gasteiger partial charge in [-0.05, 0) is 71.6 Å². The van der Waals surface area contributed by atoms with Crippen LogP contribution in [-0.2, 0) is 15.0 Å². The van der Waals surface area contributed by atoms with Crippen molar-refractivity contribution in [1.82, 2.24) is 0 Å². The van der Waals surface area contributed by atoms with Gasteiger partial charge in [-0.1, -0.05) is 41.4 Å². The SMILES string of the molecule is Cc1ccc(F)cc1[C@H]1CC(=O)C[C@@H](c2cccc(Cl)c2)[C@]12C(=O)Nc1ccc(Cl)cc12. The molecule has 3 aromatic carbocycles. The first-order valence-corrected chi connectivity index (χ1v) is 11.2. The Bertz CT molecular complexity index is 1270. The van der Waals surface area contributed by atoms with Crippen LogP contribution in [-0.4, -0.2) is 11.7 Å². The molecule has 1 heterocycles. The second-order valence-corrected chi connectivity index (χ2v) is 9.49. The molecule has 3 aromatic rings. The standard InChI is InChI=1S/C26H20Cl2FNO2/c1-14-5-7-18(29)11-20(14)22-13-19(31)12-21(15-3-2-4-16(27)9-15)26(22)23-10-17(28)6-8-24(23)30-25(26)32/h2-11,21-22H,12-13H2,1H3,(H,30,32)/t21-,22+,26-/m0/s1. The van der Waals surface area contributed by atoms with Gasteiger partial charge in [-0.15, -0.1) is 0 Å². The summed E-state index contributed by atoms with van der Waals surface area (Å²) in [7, 11) is 0. The van der Waals surface area contributed by atoms with Crippen molar-refractivity contribution in [2.45, 2.75) is 37.0 Å². The lowest BCUT2D eigenvalue weighted by Gasteiger charge is -2.46. The maximum atomic E-state index is 14.4. The van der Waals surface area contributed by atoms with Crippen molar-refractivity contribution in [3.05, 3.63) is 98.8 Å². The molecule has 1 fully saturated rings. The Hall–Kier alpha value is -2.69. The van der Waals surface area contributed by atoms with Crippen molar-refractivity contribution >= 4 is 40.6 Å². The van der Waals surface area contributed by atoms with Crippen LogP contribution in [0.5, 0.6) is 0 Å². The van der Waals surface area contributed by atoms with Gasteiger partial charge in [-0.2, -0.15) is 0 Å². The molecule has 1 N–H and O–H groups in total. The third-order valence-corrected chi connectivity index (χ3v) is 7.35. The number of halogens is 3. The van der Waals surface area contributed by atoms with Crippen LogP contribution in [0.25, 0.3) is 0 Å². The van der Waals surface area contributed by atoms with E-state index in [0.717, 1.165) is 16.7 Å². The third kappa shape index (κ3) is 3.16. The van der Waals surface area contributed by atoms with Gasteiger partial charge in [0.15, 0.2) is 0 Å². The zero-order chi connectivity index (χ0) is 22.6. The lowest BCUT2D eigenvalue weighted by Crippen LogP contribution is -2.50. The minimum Gasteiger partial charge on any atom is -0.325 e. The number of benzene rings is 3. The van der Waals surface area contributed by atoms with Crippen LogP contribution >= 0.6 is 23.2 Å². The zero-order valence-corrected chi connectivity index (χ0v) is 18.8. The lowest BCUT2D eigenvalue weighted by molar-refractivity contribution is -0.128. The number of nitrogens with one attached hydrogen (secondary N) is 1. The summed E-state index contributed by atoms with van der Waals surface area (Å²) in [5, 5.41) is 4.04. The van der Waals surface area contributed by atoms with Gasteiger partial charge in [0.05, 0.1) is 5.41 Å². The Labute approximate surface area is 195 Å². The Morgan fingerprint density at radius 2 is 1.69 bits per heavy atom. The van der Waals surface area contributed by atoms with Crippen LogP contribution in [0.3, 0.4) is 0 Å². The summed E-state index contributed by atoms with van der Waals surface area (Å²) in [6, 6.07) is 17.1. The Balaban J connectivity index is 1.84. The summed E-state index contributed by atoms with van der Waals surface area (Å²) in [6.45, 7) is 1.88. The minimum absolute atomic E-state index is 0.0255. The molecule has 32 heavy (non-hydrogen) atoms. The Kier molecular flexibility index (Phi) is 5.11. The number of aryl methyl sites for hydroxylation is 1. The molecule has 5 rings (SSSR count). The number of Topliss-reactive ketones (excluding diaryl/α,β-unsaturated/α-hetero) is 1. The quantitative estimate of drug-likeness (QED) is 0.463. The van der Waals surface area contributed by atoms with Gasteiger partial charge in [0.2, 0.25) is 5.91 Å². The molecule has 162 valence electrons. The van der Waals surface area contributed by atoms with Crippen LogP contribution in [0.4, 0.5) is 10.1 Å². The predicted octanol–water partition coefficient (Wildman–Crippen LogP) is 6.56. The number of rotatable bonds is 2. The van der Waals surface area contributed by atoms with Crippen molar-refractivity contribution < 1.29 is 14.0 Å². The number of carbonyl (C=O) groups excluding carboxylic acids is 2. The topological polar surface area (TPSA) is 46.2 Å². The van der Waals surface area contributed by atoms with Crippen molar-refractivity contribution in [3.63, 3.8) is 0 Å². The van der Waals surface area contributed by atoms with E-state index in [-0.39, 0.29) is 24.5 Å². The Morgan fingerprint density at radius 1 is 0.938 bits per heavy atom.